The van der Waals surface area contributed by atoms with Crippen LogP contribution < -0.4 is 5.48 Å². The lowest BCUT2D eigenvalue weighted by molar-refractivity contribution is -0.163. The number of aliphatic carboxylic acids is 1. The minimum Gasteiger partial charge on any atom is -0.481 e. The molecule has 10 nitrogen and oxygen atoms in total. The minimum absolute atomic E-state index is 0.111. The molecule has 0 aromatic carbocycles. The summed E-state index contributed by atoms with van der Waals surface area (Å²) in [6.45, 7) is 1.13. The lowest BCUT2D eigenvalue weighted by Gasteiger charge is -2.12. The van der Waals surface area contributed by atoms with E-state index in [4.69, 9.17) is 5.11 Å². The highest BCUT2D eigenvalue weighted by molar-refractivity contribution is 5.91. The molecule has 0 aliphatic rings. The summed E-state index contributed by atoms with van der Waals surface area (Å²) in [4.78, 5) is 47.4. The molecule has 0 bridgehead atoms. The van der Waals surface area contributed by atoms with E-state index >= 15 is 0 Å². The number of methoxy groups -OCH3 is 1. The first-order chi connectivity index (χ1) is 9.85. The zero-order valence-electron chi connectivity index (χ0n) is 11.4. The predicted octanol–water partition coefficient (Wildman–Crippen LogP) is -0.263. The van der Waals surface area contributed by atoms with E-state index < -0.39 is 30.4 Å². The van der Waals surface area contributed by atoms with Crippen molar-refractivity contribution in [2.24, 2.45) is 0 Å². The van der Waals surface area contributed by atoms with Crippen molar-refractivity contribution in [2.75, 3.05) is 13.7 Å². The van der Waals surface area contributed by atoms with Gasteiger partial charge in [0, 0.05) is 25.6 Å². The minimum atomic E-state index is -1.27. The molecule has 0 aromatic heterocycles. The summed E-state index contributed by atoms with van der Waals surface area (Å²) in [6, 6.07) is 0. The molecule has 0 rings (SSSR count). The Morgan fingerprint density at radius 1 is 1.14 bits per heavy atom. The lowest BCUT2D eigenvalue weighted by Crippen LogP contribution is -2.27. The zero-order chi connectivity index (χ0) is 16.3. The molecule has 0 aliphatic carbocycles. The Morgan fingerprint density at radius 2 is 1.76 bits per heavy atom. The van der Waals surface area contributed by atoms with Gasteiger partial charge in [-0.3, -0.25) is 4.79 Å². The first-order valence-electron chi connectivity index (χ1n) is 5.64. The van der Waals surface area contributed by atoms with Gasteiger partial charge in [0.05, 0.1) is 13.5 Å². The molecule has 0 saturated carbocycles. The van der Waals surface area contributed by atoms with Gasteiger partial charge >= 0.3 is 24.1 Å². The maximum atomic E-state index is 11.2. The Kier molecular flexibility index (Phi) is 8.93. The van der Waals surface area contributed by atoms with Gasteiger partial charge in [-0.1, -0.05) is 0 Å². The van der Waals surface area contributed by atoms with Crippen LogP contribution in [-0.4, -0.2) is 49.1 Å². The second kappa shape index (κ2) is 10.2. The van der Waals surface area contributed by atoms with Crippen LogP contribution in [0.25, 0.3) is 0 Å². The van der Waals surface area contributed by atoms with Gasteiger partial charge in [0.25, 0.3) is 0 Å². The van der Waals surface area contributed by atoms with Crippen molar-refractivity contribution in [3.63, 3.8) is 0 Å². The van der Waals surface area contributed by atoms with E-state index in [1.165, 1.54) is 6.92 Å². The molecule has 0 amide bonds. The van der Waals surface area contributed by atoms with E-state index in [1.54, 1.807) is 0 Å². The Labute approximate surface area is 119 Å². The van der Waals surface area contributed by atoms with Gasteiger partial charge in [-0.2, -0.15) is 0 Å². The Bertz CT molecular complexity index is 418. The van der Waals surface area contributed by atoms with Gasteiger partial charge in [-0.05, 0) is 0 Å². The summed E-state index contributed by atoms with van der Waals surface area (Å²) in [6.07, 6.45) is -1.11. The van der Waals surface area contributed by atoms with Crippen LogP contribution in [0, 0.1) is 0 Å². The molecule has 0 saturated heterocycles. The Morgan fingerprint density at radius 3 is 2.33 bits per heavy atom. The molecule has 0 aromatic rings. The van der Waals surface area contributed by atoms with Crippen molar-refractivity contribution < 1.29 is 43.3 Å². The van der Waals surface area contributed by atoms with Crippen LogP contribution >= 0.6 is 0 Å². The van der Waals surface area contributed by atoms with Crippen LogP contribution in [0.3, 0.4) is 0 Å². The van der Waals surface area contributed by atoms with Gasteiger partial charge in [-0.25, -0.2) is 14.4 Å². The van der Waals surface area contributed by atoms with Gasteiger partial charge < -0.3 is 24.2 Å². The third kappa shape index (κ3) is 10.9. The third-order valence-corrected chi connectivity index (χ3v) is 1.70. The fourth-order valence-corrected chi connectivity index (χ4v) is 0.859. The molecule has 2 N–H and O–H groups in total. The van der Waals surface area contributed by atoms with Crippen molar-refractivity contribution in [1.29, 1.82) is 0 Å². The number of carbonyl (C=O) groups excluding carboxylic acids is 3. The van der Waals surface area contributed by atoms with E-state index in [-0.39, 0.29) is 13.0 Å². The van der Waals surface area contributed by atoms with E-state index in [2.05, 4.69) is 24.5 Å². The number of nitrogens with one attached hydrogen (secondary N) is 1. The molecule has 0 radical (unpaired) electrons. The first kappa shape index (κ1) is 18.4. The number of rotatable bonds is 8. The van der Waals surface area contributed by atoms with Crippen LogP contribution in [-0.2, 0) is 33.4 Å². The summed E-state index contributed by atoms with van der Waals surface area (Å²) in [5, 5.41) is 8.32. The normalized spacial score (nSPS) is 11.5. The molecule has 118 valence electrons. The molecule has 0 unspecified atom stereocenters. The summed E-state index contributed by atoms with van der Waals surface area (Å²) in [7, 11) is 1.14. The monoisotopic (exact) mass is 305 g/mol. The maximum Gasteiger partial charge on any atom is 0.530 e. The van der Waals surface area contributed by atoms with Crippen LogP contribution in [0.5, 0.6) is 0 Å². The molecule has 10 heteroatoms. The molecule has 0 fully saturated rings. The molecule has 0 heterocycles. The molecular weight excluding hydrogens is 290 g/mol. The molecular formula is C11H15NO9. The number of esters is 2. The first-order valence-corrected chi connectivity index (χ1v) is 5.64. The summed E-state index contributed by atoms with van der Waals surface area (Å²) >= 11 is 0. The fourth-order valence-electron chi connectivity index (χ4n) is 0.859. The van der Waals surface area contributed by atoms with Crippen LogP contribution in [0.4, 0.5) is 4.79 Å². The summed E-state index contributed by atoms with van der Waals surface area (Å²) in [5.74, 6) is -2.75. The lowest BCUT2D eigenvalue weighted by atomic mass is 10.4. The predicted molar refractivity (Wildman–Crippen MR) is 64.5 cm³/mol. The number of hydrogen-bond acceptors (Lipinski definition) is 9. The second-order valence-corrected chi connectivity index (χ2v) is 3.37. The fraction of sp³-hybridized carbons (Fsp3) is 0.455. The Hall–Kier alpha value is -2.62. The molecule has 21 heavy (non-hydrogen) atoms. The second-order valence-electron chi connectivity index (χ2n) is 3.37. The molecule has 0 spiro atoms. The number of ether oxygens (including phenoxy) is 3. The molecule has 1 atom stereocenters. The highest BCUT2D eigenvalue weighted by Gasteiger charge is 2.14. The van der Waals surface area contributed by atoms with Crippen LogP contribution in [0.15, 0.2) is 12.2 Å². The van der Waals surface area contributed by atoms with Gasteiger partial charge in [-0.15, -0.1) is 5.48 Å². The maximum absolute atomic E-state index is 11.2. The average Bonchev–Trinajstić information content (AvgIpc) is 2.40. The van der Waals surface area contributed by atoms with Crippen molar-refractivity contribution in [2.45, 2.75) is 19.6 Å². The SMILES string of the molecule is COC(=O)/C=C/C(=O)O[C@H](C)OC(=O)ONCCC(=O)O. The van der Waals surface area contributed by atoms with Gasteiger partial charge in [0.1, 0.15) is 0 Å². The van der Waals surface area contributed by atoms with Crippen LogP contribution in [0.2, 0.25) is 0 Å². The van der Waals surface area contributed by atoms with Crippen molar-refractivity contribution in [3.8, 4) is 0 Å². The topological polar surface area (TPSA) is 137 Å². The van der Waals surface area contributed by atoms with E-state index in [0.717, 1.165) is 19.3 Å². The summed E-state index contributed by atoms with van der Waals surface area (Å²) < 4.78 is 13.3. The zero-order valence-corrected chi connectivity index (χ0v) is 11.4. The average molecular weight is 305 g/mol. The quantitative estimate of drug-likeness (QED) is 0.154. The molecule has 0 aliphatic heterocycles. The third-order valence-electron chi connectivity index (χ3n) is 1.70. The van der Waals surface area contributed by atoms with E-state index in [1.807, 2.05) is 0 Å². The van der Waals surface area contributed by atoms with E-state index in [0.29, 0.717) is 0 Å². The van der Waals surface area contributed by atoms with Gasteiger partial charge in [0.2, 0.25) is 6.29 Å². The van der Waals surface area contributed by atoms with Crippen molar-refractivity contribution in [1.82, 2.24) is 5.48 Å². The van der Waals surface area contributed by atoms with Gasteiger partial charge in [0.15, 0.2) is 0 Å². The summed E-state index contributed by atoms with van der Waals surface area (Å²) in [5.41, 5.74) is 2.05. The van der Waals surface area contributed by atoms with Crippen molar-refractivity contribution in [3.05, 3.63) is 12.2 Å². The highest BCUT2D eigenvalue weighted by atomic mass is 16.8. The smallest absolute Gasteiger partial charge is 0.481 e. The number of carbonyl (C=O) groups is 4. The van der Waals surface area contributed by atoms with E-state index in [9.17, 15) is 19.2 Å². The highest BCUT2D eigenvalue weighted by Crippen LogP contribution is 1.97. The van der Waals surface area contributed by atoms with Crippen molar-refractivity contribution >= 4 is 24.1 Å². The number of hydroxylamine groups is 1. The number of hydrogen-bond donors (Lipinski definition) is 2. The Balaban J connectivity index is 3.91. The largest absolute Gasteiger partial charge is 0.530 e. The number of carboxylic acid groups (broad SMARTS) is 1. The van der Waals surface area contributed by atoms with Crippen LogP contribution in [0.1, 0.15) is 13.3 Å². The standard InChI is InChI=1S/C11H15NO9/c1-7(19-10(16)4-3-9(15)18-2)20-11(17)21-12-6-5-8(13)14/h3-4,7,12H,5-6H2,1-2H3,(H,13,14)/b4-3+/t7-/m0/s1. The number of carboxylic acids is 1.